The minimum absolute atomic E-state index is 0.0314. The zero-order chi connectivity index (χ0) is 10.3. The molecule has 0 saturated heterocycles. The van der Waals surface area contributed by atoms with Gasteiger partial charge in [-0.25, -0.2) is 4.39 Å². The maximum absolute atomic E-state index is 13.1. The van der Waals surface area contributed by atoms with Crippen molar-refractivity contribution in [1.82, 2.24) is 20.1 Å². The smallest absolute Gasteiger partial charge is 0.305 e. The second-order valence-electron chi connectivity index (χ2n) is 2.87. The van der Waals surface area contributed by atoms with E-state index in [1.165, 1.54) is 0 Å². The van der Waals surface area contributed by atoms with Crippen LogP contribution in [0.5, 0.6) is 0 Å². The Kier molecular flexibility index (Phi) is 1.95. The first-order chi connectivity index (χ1) is 6.50. The fourth-order valence-corrected chi connectivity index (χ4v) is 1.33. The monoisotopic (exact) mass is 210 g/mol. The Bertz CT molecular complexity index is 344. The van der Waals surface area contributed by atoms with Gasteiger partial charge in [-0.2, -0.15) is 13.2 Å². The molecular formula is C6H6F4N4. The summed E-state index contributed by atoms with van der Waals surface area (Å²) in [6, 6.07) is 0. The lowest BCUT2D eigenvalue weighted by atomic mass is 10.4. The maximum atomic E-state index is 13.1. The summed E-state index contributed by atoms with van der Waals surface area (Å²) in [7, 11) is 0. The lowest BCUT2D eigenvalue weighted by Gasteiger charge is -2.20. The third-order valence-corrected chi connectivity index (χ3v) is 1.90. The molecule has 1 aliphatic heterocycles. The van der Waals surface area contributed by atoms with Crippen molar-refractivity contribution < 1.29 is 17.6 Å². The van der Waals surface area contributed by atoms with Crippen LogP contribution in [0.15, 0.2) is 0 Å². The highest BCUT2D eigenvalue weighted by atomic mass is 19.4. The molecule has 8 heteroatoms. The van der Waals surface area contributed by atoms with E-state index in [1.807, 2.05) is 0 Å². The van der Waals surface area contributed by atoms with Gasteiger partial charge in [0.15, 0.2) is 6.30 Å². The highest BCUT2D eigenvalue weighted by molar-refractivity contribution is 5.03. The number of nitrogens with zero attached hydrogens (tertiary/aromatic N) is 3. The third kappa shape index (κ3) is 1.35. The lowest BCUT2D eigenvalue weighted by molar-refractivity contribution is -0.149. The van der Waals surface area contributed by atoms with Gasteiger partial charge in [0.1, 0.15) is 5.82 Å². The van der Waals surface area contributed by atoms with Gasteiger partial charge in [-0.3, -0.25) is 4.57 Å². The molecule has 0 bridgehead atoms. The molecule has 0 aliphatic carbocycles. The Morgan fingerprint density at radius 1 is 1.36 bits per heavy atom. The van der Waals surface area contributed by atoms with Crippen LogP contribution >= 0.6 is 0 Å². The van der Waals surface area contributed by atoms with Crippen LogP contribution in [0.2, 0.25) is 0 Å². The van der Waals surface area contributed by atoms with Gasteiger partial charge >= 0.3 is 6.18 Å². The van der Waals surface area contributed by atoms with Crippen LogP contribution < -0.4 is 5.32 Å². The van der Waals surface area contributed by atoms with Gasteiger partial charge in [-0.05, 0) is 0 Å². The molecule has 1 aliphatic rings. The molecule has 0 spiro atoms. The Morgan fingerprint density at radius 2 is 2.07 bits per heavy atom. The Hall–Kier alpha value is -1.18. The molecular weight excluding hydrogens is 204 g/mol. The average Bonchev–Trinajstić information content (AvgIpc) is 2.47. The van der Waals surface area contributed by atoms with E-state index in [9.17, 15) is 17.6 Å². The molecule has 0 radical (unpaired) electrons. The van der Waals surface area contributed by atoms with Crippen molar-refractivity contribution in [2.75, 3.05) is 6.54 Å². The second kappa shape index (κ2) is 2.91. The highest BCUT2D eigenvalue weighted by Crippen LogP contribution is 2.31. The fourth-order valence-electron chi connectivity index (χ4n) is 1.33. The van der Waals surface area contributed by atoms with Crippen LogP contribution in [0.3, 0.4) is 0 Å². The quantitative estimate of drug-likeness (QED) is 0.646. The number of rotatable bonds is 0. The van der Waals surface area contributed by atoms with Crippen molar-refractivity contribution in [1.29, 1.82) is 0 Å². The predicted octanol–water partition coefficient (Wildman–Crippen LogP) is 0.868. The summed E-state index contributed by atoms with van der Waals surface area (Å²) in [4.78, 5) is 0. The summed E-state index contributed by atoms with van der Waals surface area (Å²) in [6.07, 6.45) is -6.42. The molecule has 2 rings (SSSR count). The summed E-state index contributed by atoms with van der Waals surface area (Å²) in [5.74, 6) is -1.31. The number of halogens is 4. The van der Waals surface area contributed by atoms with E-state index in [4.69, 9.17) is 0 Å². The molecule has 14 heavy (non-hydrogen) atoms. The Morgan fingerprint density at radius 3 is 2.71 bits per heavy atom. The van der Waals surface area contributed by atoms with E-state index in [-0.39, 0.29) is 18.9 Å². The fraction of sp³-hybridized carbons (Fsp3) is 0.667. The molecule has 78 valence electrons. The molecule has 0 aromatic carbocycles. The number of nitrogens with one attached hydrogen (secondary N) is 1. The van der Waals surface area contributed by atoms with E-state index >= 15 is 0 Å². The number of fused-ring (bicyclic) bond motifs is 1. The van der Waals surface area contributed by atoms with Crippen LogP contribution in [-0.2, 0) is 12.7 Å². The molecule has 2 heterocycles. The second-order valence-corrected chi connectivity index (χ2v) is 2.87. The summed E-state index contributed by atoms with van der Waals surface area (Å²) < 4.78 is 50.4. The van der Waals surface area contributed by atoms with Crippen molar-refractivity contribution in [3.8, 4) is 0 Å². The van der Waals surface area contributed by atoms with Gasteiger partial charge in [0, 0.05) is 6.54 Å². The van der Waals surface area contributed by atoms with Crippen molar-refractivity contribution in [2.24, 2.45) is 0 Å². The summed E-state index contributed by atoms with van der Waals surface area (Å²) in [5, 5.41) is 8.78. The molecule has 0 amide bonds. The first kappa shape index (κ1) is 9.38. The van der Waals surface area contributed by atoms with Crippen LogP contribution in [0, 0.1) is 0 Å². The maximum Gasteiger partial charge on any atom is 0.451 e. The van der Waals surface area contributed by atoms with Gasteiger partial charge in [-0.15, -0.1) is 10.2 Å². The summed E-state index contributed by atoms with van der Waals surface area (Å²) in [6.45, 7) is -0.0579. The van der Waals surface area contributed by atoms with Crippen LogP contribution in [0.4, 0.5) is 17.6 Å². The van der Waals surface area contributed by atoms with Crippen molar-refractivity contribution in [3.05, 3.63) is 11.6 Å². The normalized spacial score (nSPS) is 22.1. The van der Waals surface area contributed by atoms with E-state index in [2.05, 4.69) is 15.5 Å². The van der Waals surface area contributed by atoms with Crippen molar-refractivity contribution in [3.63, 3.8) is 0 Å². The van der Waals surface area contributed by atoms with Crippen LogP contribution in [0.1, 0.15) is 17.9 Å². The summed E-state index contributed by atoms with van der Waals surface area (Å²) >= 11 is 0. The van der Waals surface area contributed by atoms with E-state index in [0.717, 1.165) is 0 Å². The summed E-state index contributed by atoms with van der Waals surface area (Å²) in [5.41, 5.74) is 0. The van der Waals surface area contributed by atoms with Crippen molar-refractivity contribution in [2.45, 2.75) is 19.0 Å². The van der Waals surface area contributed by atoms with Gasteiger partial charge < -0.3 is 5.32 Å². The first-order valence-electron chi connectivity index (χ1n) is 3.86. The molecule has 4 nitrogen and oxygen atoms in total. The molecule has 1 atom stereocenters. The van der Waals surface area contributed by atoms with Crippen molar-refractivity contribution >= 4 is 0 Å². The Balaban J connectivity index is 2.49. The van der Waals surface area contributed by atoms with Gasteiger partial charge in [0.2, 0.25) is 5.82 Å². The first-order valence-corrected chi connectivity index (χ1v) is 3.86. The zero-order valence-electron chi connectivity index (χ0n) is 6.85. The van der Waals surface area contributed by atoms with Gasteiger partial charge in [0.25, 0.3) is 0 Å². The minimum Gasteiger partial charge on any atom is -0.305 e. The average molecular weight is 210 g/mol. The van der Waals surface area contributed by atoms with Gasteiger partial charge in [-0.1, -0.05) is 0 Å². The van der Waals surface area contributed by atoms with E-state index in [1.54, 1.807) is 0 Å². The molecule has 1 unspecified atom stereocenters. The molecule has 1 N–H and O–H groups in total. The van der Waals surface area contributed by atoms with Crippen LogP contribution in [0.25, 0.3) is 0 Å². The molecule has 1 aromatic heterocycles. The SMILES string of the molecule is FC1CNCc2nnc(C(F)(F)F)n21. The number of aromatic nitrogens is 3. The van der Waals surface area contributed by atoms with Crippen LogP contribution in [-0.4, -0.2) is 21.3 Å². The zero-order valence-corrected chi connectivity index (χ0v) is 6.85. The highest BCUT2D eigenvalue weighted by Gasteiger charge is 2.41. The number of hydrogen-bond acceptors (Lipinski definition) is 3. The van der Waals surface area contributed by atoms with E-state index < -0.39 is 18.3 Å². The van der Waals surface area contributed by atoms with E-state index in [0.29, 0.717) is 4.57 Å². The Labute approximate surface area is 75.9 Å². The standard InChI is InChI=1S/C6H6F4N4/c7-3-1-11-2-4-12-13-5(14(3)4)6(8,9)10/h3,11H,1-2H2. The third-order valence-electron chi connectivity index (χ3n) is 1.90. The molecule has 1 aromatic rings. The topological polar surface area (TPSA) is 42.7 Å². The number of alkyl halides is 4. The van der Waals surface area contributed by atoms with Gasteiger partial charge in [0.05, 0.1) is 6.54 Å². The lowest BCUT2D eigenvalue weighted by Crippen LogP contribution is -2.33. The molecule has 0 fully saturated rings. The number of hydrogen-bond donors (Lipinski definition) is 1. The predicted molar refractivity (Wildman–Crippen MR) is 36.9 cm³/mol. The largest absolute Gasteiger partial charge is 0.451 e. The minimum atomic E-state index is -4.66. The molecule has 0 saturated carbocycles.